The van der Waals surface area contributed by atoms with Gasteiger partial charge in [-0.3, -0.25) is 20.2 Å². The standard InChI is InChI=1S/C22H12N6O2S4/c29-19(11-1-3-13-17(5-11)33-9-23-13)27-21-25-15(7-31-21)16-8-32-22(26-16)28-20(30)12-2-4-14-18(6-12)34-10-24-14/h1-10H,(H,25,27,29)(H,26,28,30). The third kappa shape index (κ3) is 4.07. The highest BCUT2D eigenvalue weighted by molar-refractivity contribution is 7.17. The zero-order chi connectivity index (χ0) is 23.1. The fraction of sp³-hybridized carbons (Fsp3) is 0. The number of carbonyl (C=O) groups is 2. The van der Waals surface area contributed by atoms with Crippen molar-refractivity contribution in [3.05, 3.63) is 69.3 Å². The molecule has 166 valence electrons. The van der Waals surface area contributed by atoms with Gasteiger partial charge in [-0.2, -0.15) is 0 Å². The average Bonchev–Trinajstić information content (AvgIpc) is 3.64. The van der Waals surface area contributed by atoms with Gasteiger partial charge < -0.3 is 0 Å². The molecule has 8 nitrogen and oxygen atoms in total. The van der Waals surface area contributed by atoms with Crippen molar-refractivity contribution in [1.29, 1.82) is 0 Å². The van der Waals surface area contributed by atoms with E-state index in [9.17, 15) is 9.59 Å². The molecule has 0 saturated carbocycles. The van der Waals surface area contributed by atoms with Crippen molar-refractivity contribution in [3.63, 3.8) is 0 Å². The van der Waals surface area contributed by atoms with E-state index in [1.807, 2.05) is 35.0 Å². The summed E-state index contributed by atoms with van der Waals surface area (Å²) in [5.41, 5.74) is 7.59. The van der Waals surface area contributed by atoms with E-state index in [0.29, 0.717) is 32.8 Å². The molecule has 34 heavy (non-hydrogen) atoms. The second kappa shape index (κ2) is 8.65. The first kappa shape index (κ1) is 21.0. The predicted octanol–water partition coefficient (Wildman–Crippen LogP) is 5.99. The Morgan fingerprint density at radius 1 is 0.647 bits per heavy atom. The molecule has 0 saturated heterocycles. The summed E-state index contributed by atoms with van der Waals surface area (Å²) in [6, 6.07) is 10.8. The molecule has 0 aliphatic heterocycles. The Kier molecular flexibility index (Phi) is 5.34. The van der Waals surface area contributed by atoms with E-state index >= 15 is 0 Å². The molecule has 2 N–H and O–H groups in total. The van der Waals surface area contributed by atoms with Crippen LogP contribution in [0.25, 0.3) is 31.8 Å². The molecular weight excluding hydrogens is 509 g/mol. The number of rotatable bonds is 5. The van der Waals surface area contributed by atoms with Gasteiger partial charge in [-0.05, 0) is 36.4 Å². The van der Waals surface area contributed by atoms with Crippen molar-refractivity contribution in [2.45, 2.75) is 0 Å². The highest BCUT2D eigenvalue weighted by atomic mass is 32.1. The van der Waals surface area contributed by atoms with Gasteiger partial charge in [0.15, 0.2) is 10.3 Å². The Morgan fingerprint density at radius 2 is 1.12 bits per heavy atom. The Labute approximate surface area is 208 Å². The van der Waals surface area contributed by atoms with Gasteiger partial charge in [0.2, 0.25) is 0 Å². The number of hydrogen-bond acceptors (Lipinski definition) is 10. The maximum Gasteiger partial charge on any atom is 0.257 e. The normalized spacial score (nSPS) is 11.2. The van der Waals surface area contributed by atoms with Crippen LogP contribution in [0.4, 0.5) is 10.3 Å². The number of nitrogens with zero attached hydrogens (tertiary/aromatic N) is 4. The smallest absolute Gasteiger partial charge is 0.257 e. The van der Waals surface area contributed by atoms with Gasteiger partial charge in [0.05, 0.1) is 31.5 Å². The summed E-state index contributed by atoms with van der Waals surface area (Å²) in [6.07, 6.45) is 0. The van der Waals surface area contributed by atoms with E-state index in [0.717, 1.165) is 20.4 Å². The van der Waals surface area contributed by atoms with E-state index in [4.69, 9.17) is 0 Å². The number of thiazole rings is 4. The van der Waals surface area contributed by atoms with Crippen molar-refractivity contribution in [1.82, 2.24) is 19.9 Å². The molecule has 0 bridgehead atoms. The van der Waals surface area contributed by atoms with Gasteiger partial charge in [0, 0.05) is 21.9 Å². The van der Waals surface area contributed by atoms with E-state index in [2.05, 4.69) is 30.6 Å². The summed E-state index contributed by atoms with van der Waals surface area (Å²) in [7, 11) is 0. The van der Waals surface area contributed by atoms with Gasteiger partial charge in [-0.25, -0.2) is 19.9 Å². The Balaban J connectivity index is 1.14. The first-order chi connectivity index (χ1) is 16.6. The van der Waals surface area contributed by atoms with Gasteiger partial charge in [-0.15, -0.1) is 45.3 Å². The molecule has 0 aliphatic rings. The van der Waals surface area contributed by atoms with E-state index in [1.165, 1.54) is 45.3 Å². The van der Waals surface area contributed by atoms with Crippen molar-refractivity contribution in [3.8, 4) is 11.4 Å². The zero-order valence-electron chi connectivity index (χ0n) is 17.0. The summed E-state index contributed by atoms with van der Waals surface area (Å²) in [5.74, 6) is -0.472. The molecule has 0 spiro atoms. The number of hydrogen-bond donors (Lipinski definition) is 2. The molecule has 2 amide bonds. The molecule has 0 radical (unpaired) electrons. The number of carbonyl (C=O) groups excluding carboxylic acids is 2. The number of anilines is 2. The minimum Gasteiger partial charge on any atom is -0.298 e. The van der Waals surface area contributed by atoms with Crippen molar-refractivity contribution in [2.75, 3.05) is 10.6 Å². The number of benzene rings is 2. The molecule has 2 aromatic carbocycles. The van der Waals surface area contributed by atoms with Crippen LogP contribution in [0.5, 0.6) is 0 Å². The lowest BCUT2D eigenvalue weighted by Gasteiger charge is -2.02. The molecule has 4 heterocycles. The van der Waals surface area contributed by atoms with Crippen LogP contribution in [-0.2, 0) is 0 Å². The Bertz CT molecular complexity index is 1560. The quantitative estimate of drug-likeness (QED) is 0.289. The van der Waals surface area contributed by atoms with Crippen LogP contribution in [0.15, 0.2) is 58.2 Å². The second-order valence-corrected chi connectivity index (χ2v) is 10.5. The van der Waals surface area contributed by atoms with E-state index in [1.54, 1.807) is 23.2 Å². The monoisotopic (exact) mass is 520 g/mol. The molecular formula is C22H12N6O2S4. The Morgan fingerprint density at radius 3 is 1.59 bits per heavy atom. The summed E-state index contributed by atoms with van der Waals surface area (Å²) in [5, 5.41) is 10.3. The Hall–Kier alpha value is -3.58. The minimum atomic E-state index is -0.236. The molecule has 12 heteroatoms. The average molecular weight is 521 g/mol. The summed E-state index contributed by atoms with van der Waals surface area (Å²) in [4.78, 5) is 42.7. The lowest BCUT2D eigenvalue weighted by molar-refractivity contribution is 0.101. The first-order valence-electron chi connectivity index (χ1n) is 9.83. The fourth-order valence-electron chi connectivity index (χ4n) is 3.23. The molecule has 4 aromatic heterocycles. The predicted molar refractivity (Wildman–Crippen MR) is 138 cm³/mol. The highest BCUT2D eigenvalue weighted by Crippen LogP contribution is 2.29. The van der Waals surface area contributed by atoms with Crippen LogP contribution >= 0.6 is 45.3 Å². The van der Waals surface area contributed by atoms with Crippen molar-refractivity contribution in [2.24, 2.45) is 0 Å². The third-order valence-corrected chi connectivity index (χ3v) is 8.00. The van der Waals surface area contributed by atoms with Crippen LogP contribution in [0.2, 0.25) is 0 Å². The molecule has 0 aliphatic carbocycles. The molecule has 6 rings (SSSR count). The minimum absolute atomic E-state index is 0.236. The van der Waals surface area contributed by atoms with Crippen LogP contribution in [0, 0.1) is 0 Å². The van der Waals surface area contributed by atoms with Crippen molar-refractivity contribution < 1.29 is 9.59 Å². The van der Waals surface area contributed by atoms with E-state index in [-0.39, 0.29) is 11.8 Å². The maximum absolute atomic E-state index is 12.6. The number of fused-ring (bicyclic) bond motifs is 2. The van der Waals surface area contributed by atoms with E-state index < -0.39 is 0 Å². The van der Waals surface area contributed by atoms with Crippen LogP contribution in [-0.4, -0.2) is 31.8 Å². The molecule has 0 unspecified atom stereocenters. The topological polar surface area (TPSA) is 110 Å². The van der Waals surface area contributed by atoms with Crippen LogP contribution < -0.4 is 10.6 Å². The largest absolute Gasteiger partial charge is 0.298 e. The zero-order valence-corrected chi connectivity index (χ0v) is 20.3. The molecule has 0 atom stereocenters. The van der Waals surface area contributed by atoms with Crippen LogP contribution in [0.1, 0.15) is 20.7 Å². The number of nitrogens with one attached hydrogen (secondary N) is 2. The summed E-state index contributed by atoms with van der Waals surface area (Å²) >= 11 is 5.61. The highest BCUT2D eigenvalue weighted by Gasteiger charge is 2.15. The van der Waals surface area contributed by atoms with Crippen LogP contribution in [0.3, 0.4) is 0 Å². The molecule has 0 fully saturated rings. The van der Waals surface area contributed by atoms with Crippen molar-refractivity contribution >= 4 is 87.9 Å². The van der Waals surface area contributed by atoms with Gasteiger partial charge >= 0.3 is 0 Å². The number of aromatic nitrogens is 4. The third-order valence-electron chi connectivity index (χ3n) is 4.90. The van der Waals surface area contributed by atoms with Gasteiger partial charge in [0.25, 0.3) is 11.8 Å². The lowest BCUT2D eigenvalue weighted by Crippen LogP contribution is -2.11. The fourth-order valence-corrected chi connectivity index (χ4v) is 6.06. The second-order valence-electron chi connectivity index (χ2n) is 7.05. The molecule has 6 aromatic rings. The summed E-state index contributed by atoms with van der Waals surface area (Å²) < 4.78 is 1.91. The number of amides is 2. The van der Waals surface area contributed by atoms with Gasteiger partial charge in [0.1, 0.15) is 11.4 Å². The lowest BCUT2D eigenvalue weighted by atomic mass is 10.2. The first-order valence-corrected chi connectivity index (χ1v) is 13.3. The SMILES string of the molecule is O=C(Nc1nc(-c2csc(NC(=O)c3ccc4ncsc4c3)n2)cs1)c1ccc2ncsc2c1. The summed E-state index contributed by atoms with van der Waals surface area (Å²) in [6.45, 7) is 0. The maximum atomic E-state index is 12.6. The van der Waals surface area contributed by atoms with Gasteiger partial charge in [-0.1, -0.05) is 0 Å².